The Morgan fingerprint density at radius 3 is 2.45 bits per heavy atom. The molecule has 4 N–H and O–H groups in total. The van der Waals surface area contributed by atoms with Crippen molar-refractivity contribution in [2.24, 2.45) is 5.92 Å². The lowest BCUT2D eigenvalue weighted by atomic mass is 9.91. The van der Waals surface area contributed by atoms with Crippen molar-refractivity contribution in [1.82, 2.24) is 30.0 Å². The summed E-state index contributed by atoms with van der Waals surface area (Å²) in [5.74, 6) is -1.61. The Morgan fingerprint density at radius 2 is 1.73 bits per heavy atom. The first-order chi connectivity index (χ1) is 26.6. The molecule has 1 fully saturated rings. The Morgan fingerprint density at radius 1 is 0.964 bits per heavy atom. The van der Waals surface area contributed by atoms with Crippen LogP contribution in [0, 0.1) is 5.92 Å². The third-order valence-corrected chi connectivity index (χ3v) is 9.92. The van der Waals surface area contributed by atoms with Gasteiger partial charge in [-0.2, -0.15) is 26.3 Å². The fraction of sp³-hybridized carbons (Fsp3) is 0.410. The van der Waals surface area contributed by atoms with Gasteiger partial charge in [0.1, 0.15) is 31.0 Å². The summed E-state index contributed by atoms with van der Waals surface area (Å²) in [7, 11) is 0. The number of para-hydroxylation sites is 1. The summed E-state index contributed by atoms with van der Waals surface area (Å²) >= 11 is 0. The molecule has 2 amide bonds. The maximum absolute atomic E-state index is 13.9. The van der Waals surface area contributed by atoms with E-state index in [4.69, 9.17) is 4.74 Å². The molecule has 0 saturated carbocycles. The van der Waals surface area contributed by atoms with Gasteiger partial charge in [0, 0.05) is 74.7 Å². The van der Waals surface area contributed by atoms with E-state index in [2.05, 4.69) is 10.3 Å². The van der Waals surface area contributed by atoms with Crippen molar-refractivity contribution in [3.63, 3.8) is 0 Å². The number of halogens is 6. The van der Waals surface area contributed by atoms with Crippen LogP contribution in [0.2, 0.25) is 0 Å². The molecule has 0 unspecified atom stereocenters. The van der Waals surface area contributed by atoms with Crippen molar-refractivity contribution in [3.05, 3.63) is 114 Å². The van der Waals surface area contributed by atoms with E-state index in [1.807, 2.05) is 10.2 Å². The second-order valence-electron chi connectivity index (χ2n) is 14.1. The number of amides is 2. The Kier molecular flexibility index (Phi) is 12.7. The number of fused-ring (bicyclic) bond motifs is 1. The van der Waals surface area contributed by atoms with Gasteiger partial charge in [0.25, 0.3) is 0 Å². The molecule has 0 spiro atoms. The quantitative estimate of drug-likeness (QED) is 0.148. The summed E-state index contributed by atoms with van der Waals surface area (Å²) in [5.41, 5.74) is 1.80. The lowest BCUT2D eigenvalue weighted by molar-refractivity contribution is -0.143. The number of hydrogen-bond donors (Lipinski definition) is 4. The summed E-state index contributed by atoms with van der Waals surface area (Å²) in [6, 6.07) is 15.1. The highest BCUT2D eigenvalue weighted by molar-refractivity contribution is 5.82. The number of aliphatic hydroxyl groups excluding tert-OH is 2. The molecule has 300 valence electrons. The minimum Gasteiger partial charge on any atom is -0.490 e. The van der Waals surface area contributed by atoms with E-state index in [-0.39, 0.29) is 39.1 Å². The highest BCUT2D eigenvalue weighted by Crippen LogP contribution is 2.33. The third kappa shape index (κ3) is 10.7. The van der Waals surface area contributed by atoms with Gasteiger partial charge >= 0.3 is 12.4 Å². The van der Waals surface area contributed by atoms with Crippen LogP contribution in [-0.2, 0) is 28.7 Å². The monoisotopic (exact) mass is 788 g/mol. The molecule has 1 saturated heterocycles. The largest absolute Gasteiger partial charge is 0.490 e. The van der Waals surface area contributed by atoms with E-state index in [1.54, 1.807) is 76.7 Å². The number of aliphatic hydroxyl groups is 2. The maximum atomic E-state index is 13.9. The standard InChI is InChI=1S/C39H42F6N6O5/c40-38(41,42)24-47-37(55)32-22-49(19-26-11-13-50(20-26)29-9-7-28(8-10-29)39(43,44)45)14-15-51(32)21-30(52)17-27(16-25-4-3-12-46-18-25)36(54)48-35-31-5-1-2-6-34(31)56-23-33(35)53/h1-13,18,20,27,30,32-33,35,52-53H,14-17,19,21-24H2,(H,47,55)(H,48,54)/t27-,30+,32+,33-,35+/m1/s1. The van der Waals surface area contributed by atoms with Crippen molar-refractivity contribution in [2.75, 3.05) is 39.3 Å². The summed E-state index contributed by atoms with van der Waals surface area (Å²) in [4.78, 5) is 34.8. The number of hydrogen-bond acceptors (Lipinski definition) is 8. The molecule has 6 rings (SSSR count). The molecule has 0 aliphatic carbocycles. The van der Waals surface area contributed by atoms with Crippen molar-refractivity contribution >= 4 is 11.8 Å². The number of nitrogens with one attached hydrogen (secondary N) is 2. The zero-order valence-corrected chi connectivity index (χ0v) is 30.1. The first-order valence-electron chi connectivity index (χ1n) is 18.1. The summed E-state index contributed by atoms with van der Waals surface area (Å²) in [6.07, 6.45) is -4.64. The van der Waals surface area contributed by atoms with Gasteiger partial charge in [-0.15, -0.1) is 0 Å². The van der Waals surface area contributed by atoms with E-state index in [9.17, 15) is 46.1 Å². The highest BCUT2D eigenvalue weighted by atomic mass is 19.4. The number of carbonyl (C=O) groups is 2. The number of piperazine rings is 1. The van der Waals surface area contributed by atoms with Crippen molar-refractivity contribution in [2.45, 2.75) is 56.0 Å². The minimum atomic E-state index is -4.65. The number of carbonyl (C=O) groups excluding carboxylic acids is 2. The van der Waals surface area contributed by atoms with Gasteiger partial charge in [-0.1, -0.05) is 24.3 Å². The van der Waals surface area contributed by atoms with Crippen LogP contribution in [0.1, 0.15) is 34.7 Å². The van der Waals surface area contributed by atoms with Crippen molar-refractivity contribution < 1.29 is 50.9 Å². The molecule has 2 aliphatic rings. The van der Waals surface area contributed by atoms with Crippen molar-refractivity contribution in [1.29, 1.82) is 0 Å². The highest BCUT2D eigenvalue weighted by Gasteiger charge is 2.38. The molecular formula is C39H42F6N6O5. The van der Waals surface area contributed by atoms with Gasteiger partial charge in [-0.05, 0) is 66.4 Å². The topological polar surface area (TPSA) is 132 Å². The summed E-state index contributed by atoms with van der Waals surface area (Å²) in [5, 5.41) is 27.1. The number of alkyl halides is 6. The van der Waals surface area contributed by atoms with Gasteiger partial charge in [-0.3, -0.25) is 24.4 Å². The van der Waals surface area contributed by atoms with Gasteiger partial charge in [0.15, 0.2) is 0 Å². The molecule has 11 nitrogen and oxygen atoms in total. The molecule has 5 atom stereocenters. The summed E-state index contributed by atoms with van der Waals surface area (Å²) in [6.45, 7) is -0.811. The van der Waals surface area contributed by atoms with Crippen LogP contribution in [0.5, 0.6) is 5.75 Å². The smallest absolute Gasteiger partial charge is 0.416 e. The van der Waals surface area contributed by atoms with Gasteiger partial charge < -0.3 is 30.2 Å². The second kappa shape index (κ2) is 17.4. The molecule has 56 heavy (non-hydrogen) atoms. The van der Waals surface area contributed by atoms with Crippen LogP contribution in [0.3, 0.4) is 0 Å². The van der Waals surface area contributed by atoms with E-state index < -0.39 is 66.5 Å². The Hall–Kier alpha value is -4.97. The normalized spacial score (nSPS) is 20.4. The predicted molar refractivity (Wildman–Crippen MR) is 191 cm³/mol. The Labute approximate surface area is 318 Å². The predicted octanol–water partition coefficient (Wildman–Crippen LogP) is 4.28. The first kappa shape index (κ1) is 40.7. The Bertz CT molecular complexity index is 1930. The fourth-order valence-electron chi connectivity index (χ4n) is 7.12. The summed E-state index contributed by atoms with van der Waals surface area (Å²) < 4.78 is 85.8. The minimum absolute atomic E-state index is 0.0164. The molecule has 4 aromatic rings. The molecule has 17 heteroatoms. The molecule has 2 aromatic heterocycles. The van der Waals surface area contributed by atoms with E-state index >= 15 is 0 Å². The lowest BCUT2D eigenvalue weighted by Crippen LogP contribution is -2.60. The van der Waals surface area contributed by atoms with Crippen LogP contribution in [-0.4, -0.2) is 105 Å². The fourth-order valence-corrected chi connectivity index (χ4v) is 7.12. The number of rotatable bonds is 13. The average Bonchev–Trinajstić information content (AvgIpc) is 3.63. The second-order valence-corrected chi connectivity index (χ2v) is 14.1. The van der Waals surface area contributed by atoms with Gasteiger partial charge in [0.2, 0.25) is 11.8 Å². The number of ether oxygens (including phenoxy) is 1. The number of nitrogens with zero attached hydrogens (tertiary/aromatic N) is 4. The number of β-amino-alcohol motifs (C(OH)–C–C–N with tert-alkyl or cyclic N) is 1. The Balaban J connectivity index is 1.14. The van der Waals surface area contributed by atoms with Crippen LogP contribution in [0.4, 0.5) is 26.3 Å². The number of benzene rings is 2. The molecule has 2 aromatic carbocycles. The number of pyridine rings is 1. The zero-order chi connectivity index (χ0) is 40.0. The first-order valence-corrected chi connectivity index (χ1v) is 18.1. The maximum Gasteiger partial charge on any atom is 0.416 e. The lowest BCUT2D eigenvalue weighted by Gasteiger charge is -2.41. The van der Waals surface area contributed by atoms with E-state index in [0.29, 0.717) is 30.1 Å². The van der Waals surface area contributed by atoms with Gasteiger partial charge in [0.05, 0.1) is 17.7 Å². The van der Waals surface area contributed by atoms with Crippen LogP contribution >= 0.6 is 0 Å². The van der Waals surface area contributed by atoms with Crippen LogP contribution in [0.25, 0.3) is 5.69 Å². The van der Waals surface area contributed by atoms with E-state index in [1.165, 1.54) is 12.1 Å². The SMILES string of the molecule is O=C(N[C@H]1c2ccccc2OC[C@H]1O)[C@H](Cc1cccnc1)C[C@H](O)CN1CCN(Cc2ccn(-c3ccc(C(F)(F)F)cc3)c2)C[C@H]1C(=O)NCC(F)(F)F. The molecule has 0 bridgehead atoms. The third-order valence-electron chi connectivity index (χ3n) is 9.92. The average molecular weight is 789 g/mol. The number of aromatic nitrogens is 2. The molecule has 4 heterocycles. The van der Waals surface area contributed by atoms with E-state index in [0.717, 1.165) is 23.3 Å². The van der Waals surface area contributed by atoms with Gasteiger partial charge in [-0.25, -0.2) is 0 Å². The van der Waals surface area contributed by atoms with Crippen LogP contribution in [0.15, 0.2) is 91.5 Å². The zero-order valence-electron chi connectivity index (χ0n) is 30.1. The molecular weight excluding hydrogens is 746 g/mol. The molecule has 0 radical (unpaired) electrons. The van der Waals surface area contributed by atoms with Crippen molar-refractivity contribution in [3.8, 4) is 11.4 Å². The molecule has 2 aliphatic heterocycles. The van der Waals surface area contributed by atoms with Crippen LogP contribution < -0.4 is 15.4 Å².